The van der Waals surface area contributed by atoms with E-state index >= 15 is 0 Å². The lowest BCUT2D eigenvalue weighted by Crippen LogP contribution is -2.38. The average Bonchev–Trinajstić information content (AvgIpc) is 2.77. The second-order valence-electron chi connectivity index (χ2n) is 6.76. The van der Waals surface area contributed by atoms with E-state index < -0.39 is 0 Å². The van der Waals surface area contributed by atoms with Crippen LogP contribution in [0.3, 0.4) is 0 Å². The maximum absolute atomic E-state index is 12.7. The maximum atomic E-state index is 12.7. The van der Waals surface area contributed by atoms with Crippen LogP contribution in [0.25, 0.3) is 0 Å². The van der Waals surface area contributed by atoms with Gasteiger partial charge in [0.25, 0.3) is 11.8 Å². The van der Waals surface area contributed by atoms with Crippen LogP contribution >= 0.6 is 0 Å². The minimum Gasteiger partial charge on any atom is -0.496 e. The largest absolute Gasteiger partial charge is 0.496 e. The molecule has 0 unspecified atom stereocenters. The molecule has 0 bridgehead atoms. The van der Waals surface area contributed by atoms with E-state index in [9.17, 15) is 9.59 Å². The summed E-state index contributed by atoms with van der Waals surface area (Å²) in [5.41, 5.74) is 1.31. The quantitative estimate of drug-likeness (QED) is 0.669. The molecule has 0 spiro atoms. The highest BCUT2D eigenvalue weighted by atomic mass is 16.5. The number of rotatable bonds is 8. The van der Waals surface area contributed by atoms with Crippen molar-refractivity contribution in [2.24, 2.45) is 0 Å². The standard InChI is InChI=1S/C22H27N3O4/c1-28-20-10-5-3-8-18(20)22(27)24-19-9-4-2-7-17(19)21(26)23-11-6-12-25-13-15-29-16-14-25/h2-5,7-10H,6,11-16H2,1H3,(H,23,26)(H,24,27). The fraction of sp³-hybridized carbons (Fsp3) is 0.364. The molecular formula is C22H27N3O4. The van der Waals surface area contributed by atoms with Crippen LogP contribution < -0.4 is 15.4 Å². The van der Waals surface area contributed by atoms with E-state index in [4.69, 9.17) is 9.47 Å². The summed E-state index contributed by atoms with van der Waals surface area (Å²) in [4.78, 5) is 27.6. The van der Waals surface area contributed by atoms with Crippen molar-refractivity contribution < 1.29 is 19.1 Å². The molecule has 0 atom stereocenters. The number of nitrogens with one attached hydrogen (secondary N) is 2. The highest BCUT2D eigenvalue weighted by molar-refractivity contribution is 6.10. The van der Waals surface area contributed by atoms with Crippen molar-refractivity contribution in [2.45, 2.75) is 6.42 Å². The molecule has 1 saturated heterocycles. The SMILES string of the molecule is COc1ccccc1C(=O)Nc1ccccc1C(=O)NCCCN1CCOCC1. The third-order valence-corrected chi connectivity index (χ3v) is 4.81. The average molecular weight is 397 g/mol. The number of anilines is 1. The summed E-state index contributed by atoms with van der Waals surface area (Å²) in [5, 5.41) is 5.76. The monoisotopic (exact) mass is 397 g/mol. The summed E-state index contributed by atoms with van der Waals surface area (Å²) >= 11 is 0. The van der Waals surface area contributed by atoms with E-state index in [1.165, 1.54) is 7.11 Å². The predicted octanol–water partition coefficient (Wildman–Crippen LogP) is 2.40. The smallest absolute Gasteiger partial charge is 0.259 e. The first kappa shape index (κ1) is 20.8. The van der Waals surface area contributed by atoms with Gasteiger partial charge in [0.2, 0.25) is 0 Å². The molecule has 154 valence electrons. The molecule has 2 amide bonds. The van der Waals surface area contributed by atoms with Gasteiger partial charge in [-0.3, -0.25) is 14.5 Å². The van der Waals surface area contributed by atoms with Gasteiger partial charge >= 0.3 is 0 Å². The highest BCUT2D eigenvalue weighted by Gasteiger charge is 2.16. The van der Waals surface area contributed by atoms with Crippen molar-refractivity contribution in [3.05, 3.63) is 59.7 Å². The van der Waals surface area contributed by atoms with Gasteiger partial charge in [-0.25, -0.2) is 0 Å². The third kappa shape index (κ3) is 5.79. The molecule has 1 aliphatic heterocycles. The predicted molar refractivity (Wildman–Crippen MR) is 112 cm³/mol. The van der Waals surface area contributed by atoms with Crippen LogP contribution in [-0.2, 0) is 4.74 Å². The van der Waals surface area contributed by atoms with Crippen LogP contribution in [0, 0.1) is 0 Å². The molecule has 1 heterocycles. The molecule has 7 nitrogen and oxygen atoms in total. The Balaban J connectivity index is 1.57. The van der Waals surface area contributed by atoms with Crippen LogP contribution in [0.15, 0.2) is 48.5 Å². The maximum Gasteiger partial charge on any atom is 0.259 e. The molecule has 3 rings (SSSR count). The molecule has 7 heteroatoms. The number of carbonyl (C=O) groups is 2. The second kappa shape index (κ2) is 10.6. The molecule has 0 aromatic heterocycles. The summed E-state index contributed by atoms with van der Waals surface area (Å²) in [6, 6.07) is 14.0. The first-order valence-corrected chi connectivity index (χ1v) is 9.80. The van der Waals surface area contributed by atoms with Gasteiger partial charge in [0.05, 0.1) is 37.1 Å². The van der Waals surface area contributed by atoms with Gasteiger partial charge < -0.3 is 20.1 Å². The number of hydrogen-bond acceptors (Lipinski definition) is 5. The number of carbonyl (C=O) groups excluding carboxylic acids is 2. The Morgan fingerprint density at radius 2 is 1.69 bits per heavy atom. The zero-order chi connectivity index (χ0) is 20.5. The summed E-state index contributed by atoms with van der Waals surface area (Å²) in [6.45, 7) is 4.91. The molecule has 1 aliphatic rings. The number of ether oxygens (including phenoxy) is 2. The Labute approximate surface area is 171 Å². The summed E-state index contributed by atoms with van der Waals surface area (Å²) < 4.78 is 10.6. The first-order chi connectivity index (χ1) is 14.2. The number of methoxy groups -OCH3 is 1. The number of morpholine rings is 1. The van der Waals surface area contributed by atoms with Crippen molar-refractivity contribution in [1.82, 2.24) is 10.2 Å². The molecule has 29 heavy (non-hydrogen) atoms. The highest BCUT2D eigenvalue weighted by Crippen LogP contribution is 2.21. The van der Waals surface area contributed by atoms with Crippen LogP contribution in [0.1, 0.15) is 27.1 Å². The number of amides is 2. The number of nitrogens with zero attached hydrogens (tertiary/aromatic N) is 1. The number of benzene rings is 2. The van der Waals surface area contributed by atoms with Crippen LogP contribution in [0.4, 0.5) is 5.69 Å². The first-order valence-electron chi connectivity index (χ1n) is 9.80. The lowest BCUT2D eigenvalue weighted by molar-refractivity contribution is 0.0374. The van der Waals surface area contributed by atoms with Crippen molar-refractivity contribution in [1.29, 1.82) is 0 Å². The third-order valence-electron chi connectivity index (χ3n) is 4.81. The molecule has 2 aromatic rings. The molecule has 0 aliphatic carbocycles. The minimum absolute atomic E-state index is 0.206. The van der Waals surface area contributed by atoms with E-state index in [0.717, 1.165) is 39.3 Å². The van der Waals surface area contributed by atoms with Gasteiger partial charge in [-0.1, -0.05) is 24.3 Å². The van der Waals surface area contributed by atoms with E-state index in [1.807, 2.05) is 0 Å². The van der Waals surface area contributed by atoms with E-state index in [0.29, 0.717) is 29.1 Å². The van der Waals surface area contributed by atoms with E-state index in [-0.39, 0.29) is 11.8 Å². The molecule has 0 saturated carbocycles. The fourth-order valence-electron chi connectivity index (χ4n) is 3.24. The van der Waals surface area contributed by atoms with Gasteiger partial charge in [0.1, 0.15) is 5.75 Å². The van der Waals surface area contributed by atoms with Crippen molar-refractivity contribution in [2.75, 3.05) is 51.8 Å². The second-order valence-corrected chi connectivity index (χ2v) is 6.76. The topological polar surface area (TPSA) is 79.9 Å². The van der Waals surface area contributed by atoms with Gasteiger partial charge in [-0.15, -0.1) is 0 Å². The Morgan fingerprint density at radius 1 is 1.00 bits per heavy atom. The van der Waals surface area contributed by atoms with Gasteiger partial charge in [0.15, 0.2) is 0 Å². The Bertz CT molecular complexity index is 834. The zero-order valence-electron chi connectivity index (χ0n) is 16.6. The summed E-state index contributed by atoms with van der Waals surface area (Å²) in [6.07, 6.45) is 0.863. The van der Waals surface area contributed by atoms with E-state index in [1.54, 1.807) is 48.5 Å². The number of para-hydroxylation sites is 2. The lowest BCUT2D eigenvalue weighted by Gasteiger charge is -2.26. The van der Waals surface area contributed by atoms with Gasteiger partial charge in [-0.2, -0.15) is 0 Å². The molecule has 2 N–H and O–H groups in total. The normalized spacial score (nSPS) is 14.2. The Morgan fingerprint density at radius 3 is 2.45 bits per heavy atom. The number of hydrogen-bond donors (Lipinski definition) is 2. The van der Waals surface area contributed by atoms with Crippen LogP contribution in [0.5, 0.6) is 5.75 Å². The van der Waals surface area contributed by atoms with Gasteiger partial charge in [0, 0.05) is 19.6 Å². The summed E-state index contributed by atoms with van der Waals surface area (Å²) in [7, 11) is 1.52. The molecular weight excluding hydrogens is 370 g/mol. The van der Waals surface area contributed by atoms with Crippen LogP contribution in [-0.4, -0.2) is 63.2 Å². The molecule has 0 radical (unpaired) electrons. The molecule has 1 fully saturated rings. The minimum atomic E-state index is -0.324. The lowest BCUT2D eigenvalue weighted by atomic mass is 10.1. The Hall–Kier alpha value is -2.90. The van der Waals surface area contributed by atoms with Crippen molar-refractivity contribution in [3.8, 4) is 5.75 Å². The van der Waals surface area contributed by atoms with Crippen LogP contribution in [0.2, 0.25) is 0 Å². The van der Waals surface area contributed by atoms with Crippen molar-refractivity contribution >= 4 is 17.5 Å². The zero-order valence-corrected chi connectivity index (χ0v) is 16.6. The van der Waals surface area contributed by atoms with E-state index in [2.05, 4.69) is 15.5 Å². The Kier molecular flexibility index (Phi) is 7.61. The van der Waals surface area contributed by atoms with Crippen molar-refractivity contribution in [3.63, 3.8) is 0 Å². The van der Waals surface area contributed by atoms with Gasteiger partial charge in [-0.05, 0) is 37.2 Å². The summed E-state index contributed by atoms with van der Waals surface area (Å²) in [5.74, 6) is -0.0482. The fourth-order valence-corrected chi connectivity index (χ4v) is 3.24. The molecule has 2 aromatic carbocycles.